The van der Waals surface area contributed by atoms with Crippen LogP contribution in [-0.4, -0.2) is 38.2 Å². The minimum atomic E-state index is -5.46. The van der Waals surface area contributed by atoms with Gasteiger partial charge in [0.15, 0.2) is 0 Å². The number of rotatable bonds is 5. The van der Waals surface area contributed by atoms with Gasteiger partial charge in [-0.2, -0.15) is 26.3 Å². The quantitative estimate of drug-likeness (QED) is 0.773. The van der Waals surface area contributed by atoms with E-state index in [0.29, 0.717) is 0 Å². The summed E-state index contributed by atoms with van der Waals surface area (Å²) in [4.78, 5) is 0. The second-order valence-electron chi connectivity index (χ2n) is 3.94. The standard InChI is InChI=1S/C9H15F6NO/c1-5(2)6(4-16-3)17-7(8(10,11)12)9(13,14)15/h5-7,16H,4H2,1-3H3. The van der Waals surface area contributed by atoms with Crippen LogP contribution in [0.25, 0.3) is 0 Å². The third-order valence-electron chi connectivity index (χ3n) is 2.05. The lowest BCUT2D eigenvalue weighted by molar-refractivity contribution is -0.332. The van der Waals surface area contributed by atoms with Crippen LogP contribution in [0, 0.1) is 5.92 Å². The molecule has 0 aliphatic rings. The van der Waals surface area contributed by atoms with Crippen molar-refractivity contribution >= 4 is 0 Å². The highest BCUT2D eigenvalue weighted by molar-refractivity contribution is 4.79. The number of halogens is 6. The van der Waals surface area contributed by atoms with E-state index in [4.69, 9.17) is 0 Å². The Kier molecular flexibility index (Phi) is 5.73. The van der Waals surface area contributed by atoms with Crippen molar-refractivity contribution in [1.29, 1.82) is 0 Å². The zero-order valence-electron chi connectivity index (χ0n) is 9.62. The van der Waals surface area contributed by atoms with Crippen molar-refractivity contribution in [2.24, 2.45) is 5.92 Å². The molecule has 0 aromatic heterocycles. The zero-order chi connectivity index (χ0) is 13.9. The van der Waals surface area contributed by atoms with Crippen LogP contribution in [0.5, 0.6) is 0 Å². The summed E-state index contributed by atoms with van der Waals surface area (Å²) in [5.41, 5.74) is 0. The van der Waals surface area contributed by atoms with Gasteiger partial charge in [0.1, 0.15) is 0 Å². The first kappa shape index (κ1) is 16.5. The molecule has 0 aliphatic carbocycles. The minimum absolute atomic E-state index is 0.0830. The Morgan fingerprint density at radius 2 is 1.41 bits per heavy atom. The summed E-state index contributed by atoms with van der Waals surface area (Å²) in [6, 6.07) is 0. The predicted octanol–water partition coefficient (Wildman–Crippen LogP) is 2.74. The molecule has 0 saturated heterocycles. The molecule has 0 heterocycles. The summed E-state index contributed by atoms with van der Waals surface area (Å²) in [7, 11) is 1.43. The molecular formula is C9H15F6NO. The normalized spacial score (nSPS) is 15.7. The molecule has 0 fully saturated rings. The molecule has 17 heavy (non-hydrogen) atoms. The molecule has 0 radical (unpaired) electrons. The highest BCUT2D eigenvalue weighted by atomic mass is 19.4. The molecular weight excluding hydrogens is 252 g/mol. The van der Waals surface area contributed by atoms with E-state index in [1.165, 1.54) is 20.9 Å². The Bertz CT molecular complexity index is 211. The fourth-order valence-corrected chi connectivity index (χ4v) is 1.16. The van der Waals surface area contributed by atoms with Crippen molar-refractivity contribution in [2.45, 2.75) is 38.4 Å². The third kappa shape index (κ3) is 5.58. The fraction of sp³-hybridized carbons (Fsp3) is 1.00. The molecule has 0 bridgehead atoms. The van der Waals surface area contributed by atoms with Gasteiger partial charge in [-0.15, -0.1) is 0 Å². The van der Waals surface area contributed by atoms with Crippen LogP contribution in [0.2, 0.25) is 0 Å². The van der Waals surface area contributed by atoms with Crippen LogP contribution in [0.1, 0.15) is 13.8 Å². The smallest absolute Gasteiger partial charge is 0.356 e. The Hall–Kier alpha value is -0.500. The summed E-state index contributed by atoms with van der Waals surface area (Å²) in [6.07, 6.45) is -15.8. The van der Waals surface area contributed by atoms with Crippen molar-refractivity contribution < 1.29 is 31.1 Å². The first-order valence-electron chi connectivity index (χ1n) is 4.93. The maximum absolute atomic E-state index is 12.2. The van der Waals surface area contributed by atoms with Crippen LogP contribution < -0.4 is 5.32 Å². The van der Waals surface area contributed by atoms with Crippen LogP contribution in [0.15, 0.2) is 0 Å². The second kappa shape index (κ2) is 5.90. The number of alkyl halides is 6. The second-order valence-corrected chi connectivity index (χ2v) is 3.94. The van der Waals surface area contributed by atoms with E-state index >= 15 is 0 Å². The molecule has 8 heteroatoms. The molecule has 2 nitrogen and oxygen atoms in total. The maximum Gasteiger partial charge on any atom is 0.423 e. The van der Waals surface area contributed by atoms with Crippen LogP contribution in [-0.2, 0) is 4.74 Å². The maximum atomic E-state index is 12.2. The van der Waals surface area contributed by atoms with Gasteiger partial charge in [0.05, 0.1) is 6.10 Å². The Morgan fingerprint density at radius 1 is 1.00 bits per heavy atom. The first-order chi connectivity index (χ1) is 7.50. The van der Waals surface area contributed by atoms with Crippen molar-refractivity contribution in [3.63, 3.8) is 0 Å². The van der Waals surface area contributed by atoms with E-state index in [0.717, 1.165) is 0 Å². The molecule has 0 amide bonds. The molecule has 0 aromatic carbocycles. The van der Waals surface area contributed by atoms with Gasteiger partial charge >= 0.3 is 12.4 Å². The van der Waals surface area contributed by atoms with E-state index < -0.39 is 30.5 Å². The van der Waals surface area contributed by atoms with Gasteiger partial charge in [0.2, 0.25) is 6.10 Å². The molecule has 1 N–H and O–H groups in total. The van der Waals surface area contributed by atoms with E-state index in [2.05, 4.69) is 10.1 Å². The number of hydrogen-bond acceptors (Lipinski definition) is 2. The fourth-order valence-electron chi connectivity index (χ4n) is 1.16. The summed E-state index contributed by atoms with van der Waals surface area (Å²) >= 11 is 0. The van der Waals surface area contributed by atoms with Crippen LogP contribution in [0.4, 0.5) is 26.3 Å². The lowest BCUT2D eigenvalue weighted by Gasteiger charge is -2.29. The first-order valence-corrected chi connectivity index (χ1v) is 4.93. The third-order valence-corrected chi connectivity index (χ3v) is 2.05. The monoisotopic (exact) mass is 267 g/mol. The lowest BCUT2D eigenvalue weighted by Crippen LogP contribution is -2.49. The summed E-state index contributed by atoms with van der Waals surface area (Å²) < 4.78 is 77.5. The van der Waals surface area contributed by atoms with Crippen molar-refractivity contribution in [3.05, 3.63) is 0 Å². The Labute approximate surface area is 95.3 Å². The number of hydrogen-bond donors (Lipinski definition) is 1. The van der Waals surface area contributed by atoms with Gasteiger partial charge in [-0.1, -0.05) is 13.8 Å². The lowest BCUT2D eigenvalue weighted by atomic mass is 10.1. The largest absolute Gasteiger partial charge is 0.423 e. The average Bonchev–Trinajstić information content (AvgIpc) is 2.07. The van der Waals surface area contributed by atoms with Crippen molar-refractivity contribution in [3.8, 4) is 0 Å². The number of ether oxygens (including phenoxy) is 1. The van der Waals surface area contributed by atoms with E-state index in [-0.39, 0.29) is 6.54 Å². The van der Waals surface area contributed by atoms with Gasteiger partial charge in [-0.3, -0.25) is 0 Å². The van der Waals surface area contributed by atoms with Crippen molar-refractivity contribution in [2.75, 3.05) is 13.6 Å². The minimum Gasteiger partial charge on any atom is -0.356 e. The average molecular weight is 267 g/mol. The van der Waals surface area contributed by atoms with Gasteiger partial charge in [0, 0.05) is 6.54 Å². The van der Waals surface area contributed by atoms with Crippen LogP contribution in [0.3, 0.4) is 0 Å². The molecule has 1 unspecified atom stereocenters. The number of likely N-dealkylation sites (N-methyl/N-ethyl adjacent to an activating group) is 1. The zero-order valence-corrected chi connectivity index (χ0v) is 9.62. The summed E-state index contributed by atoms with van der Waals surface area (Å²) in [5, 5.41) is 2.50. The highest BCUT2D eigenvalue weighted by Gasteiger charge is 2.58. The number of nitrogens with one attached hydrogen (secondary N) is 1. The molecule has 104 valence electrons. The van der Waals surface area contributed by atoms with Gasteiger partial charge in [-0.05, 0) is 13.0 Å². The van der Waals surface area contributed by atoms with Gasteiger partial charge < -0.3 is 10.1 Å². The highest BCUT2D eigenvalue weighted by Crippen LogP contribution is 2.36. The molecule has 0 rings (SSSR count). The molecule has 0 saturated carbocycles. The topological polar surface area (TPSA) is 21.3 Å². The summed E-state index contributed by atoms with van der Waals surface area (Å²) in [6.45, 7) is 2.90. The van der Waals surface area contributed by atoms with E-state index in [1.54, 1.807) is 0 Å². The molecule has 0 aromatic rings. The predicted molar refractivity (Wildman–Crippen MR) is 49.5 cm³/mol. The molecule has 0 aliphatic heterocycles. The van der Waals surface area contributed by atoms with Crippen molar-refractivity contribution in [1.82, 2.24) is 5.32 Å². The molecule has 0 spiro atoms. The Morgan fingerprint density at radius 3 is 1.65 bits per heavy atom. The van der Waals surface area contributed by atoms with Gasteiger partial charge in [-0.25, -0.2) is 0 Å². The van der Waals surface area contributed by atoms with Gasteiger partial charge in [0.25, 0.3) is 0 Å². The Balaban J connectivity index is 4.85. The van der Waals surface area contributed by atoms with E-state index in [9.17, 15) is 26.3 Å². The summed E-state index contributed by atoms with van der Waals surface area (Å²) in [5.74, 6) is -0.463. The van der Waals surface area contributed by atoms with E-state index in [1.807, 2.05) is 0 Å². The SMILES string of the molecule is CNCC(OC(C(F)(F)F)C(F)(F)F)C(C)C. The van der Waals surface area contributed by atoms with Crippen LogP contribution >= 0.6 is 0 Å². The molecule has 1 atom stereocenters.